The maximum absolute atomic E-state index is 13.4. The molecule has 16 heavy (non-hydrogen) atoms. The Kier molecular flexibility index (Phi) is 7.42. The van der Waals surface area contributed by atoms with Gasteiger partial charge in [-0.15, -0.1) is 5.92 Å². The fraction of sp³-hybridized carbons (Fsp3) is 0.857. The maximum Gasteiger partial charge on any atom is 0.186 e. The van der Waals surface area contributed by atoms with Gasteiger partial charge in [-0.3, -0.25) is 0 Å². The summed E-state index contributed by atoms with van der Waals surface area (Å²) in [6.45, 7) is 7.59. The molecule has 2 unspecified atom stereocenters. The molecular weight excluding hydrogens is 203 g/mol. The first-order valence-electron chi connectivity index (χ1n) is 6.20. The number of halogens is 1. The van der Waals surface area contributed by atoms with Crippen LogP contribution in [0.25, 0.3) is 0 Å². The van der Waals surface area contributed by atoms with Crippen LogP contribution in [0.15, 0.2) is 0 Å². The number of rotatable bonds is 5. The lowest BCUT2D eigenvalue weighted by atomic mass is 9.86. The Hall–Kier alpha value is -0.550. The molecule has 0 aromatic rings. The summed E-state index contributed by atoms with van der Waals surface area (Å²) in [6.07, 6.45) is 2.90. The van der Waals surface area contributed by atoms with Gasteiger partial charge in [-0.1, -0.05) is 52.9 Å². The van der Waals surface area contributed by atoms with Crippen LogP contribution in [-0.2, 0) is 0 Å². The minimum absolute atomic E-state index is 0.448. The zero-order valence-electron chi connectivity index (χ0n) is 11.0. The van der Waals surface area contributed by atoms with E-state index in [9.17, 15) is 9.50 Å². The van der Waals surface area contributed by atoms with Gasteiger partial charge in [0, 0.05) is 6.42 Å². The van der Waals surface area contributed by atoms with Gasteiger partial charge < -0.3 is 5.11 Å². The second-order valence-corrected chi connectivity index (χ2v) is 5.34. The van der Waals surface area contributed by atoms with Gasteiger partial charge in [0.05, 0.1) is 0 Å². The average Bonchev–Trinajstić information content (AvgIpc) is 2.20. The molecule has 0 fully saturated rings. The first-order chi connectivity index (χ1) is 7.39. The first-order valence-corrected chi connectivity index (χ1v) is 6.20. The minimum Gasteiger partial charge on any atom is -0.388 e. The molecule has 2 atom stereocenters. The van der Waals surface area contributed by atoms with Crippen molar-refractivity contribution < 1.29 is 9.50 Å². The molecule has 0 amide bonds. The van der Waals surface area contributed by atoms with Crippen molar-refractivity contribution in [2.24, 2.45) is 5.41 Å². The summed E-state index contributed by atoms with van der Waals surface area (Å²) >= 11 is 0. The highest BCUT2D eigenvalue weighted by molar-refractivity contribution is 5.08. The molecule has 1 N–H and O–H groups in total. The summed E-state index contributed by atoms with van der Waals surface area (Å²) in [5, 5.41) is 9.62. The Morgan fingerprint density at radius 3 is 2.31 bits per heavy atom. The molecule has 0 bridgehead atoms. The van der Waals surface area contributed by atoms with Crippen LogP contribution in [0.5, 0.6) is 0 Å². The molecule has 0 aromatic carbocycles. The molecule has 0 aliphatic carbocycles. The van der Waals surface area contributed by atoms with E-state index in [1.54, 1.807) is 0 Å². The molecule has 0 spiro atoms. The van der Waals surface area contributed by atoms with E-state index in [2.05, 4.69) is 18.8 Å². The predicted molar refractivity (Wildman–Crippen MR) is 66.9 cm³/mol. The van der Waals surface area contributed by atoms with E-state index < -0.39 is 17.7 Å². The van der Waals surface area contributed by atoms with Gasteiger partial charge in [0.15, 0.2) is 6.17 Å². The highest BCUT2D eigenvalue weighted by atomic mass is 19.1. The van der Waals surface area contributed by atoms with Crippen LogP contribution in [0, 0.1) is 17.3 Å². The monoisotopic (exact) mass is 228 g/mol. The summed E-state index contributed by atoms with van der Waals surface area (Å²) in [5.74, 6) is 5.31. The normalized spacial score (nSPS) is 15.1. The second-order valence-electron chi connectivity index (χ2n) is 5.34. The molecule has 2 heteroatoms. The van der Waals surface area contributed by atoms with Crippen molar-refractivity contribution in [3.05, 3.63) is 0 Å². The van der Waals surface area contributed by atoms with Crippen molar-refractivity contribution in [3.63, 3.8) is 0 Å². The third-order valence-corrected chi connectivity index (χ3v) is 2.56. The van der Waals surface area contributed by atoms with E-state index >= 15 is 0 Å². The quantitative estimate of drug-likeness (QED) is 0.562. The smallest absolute Gasteiger partial charge is 0.186 e. The highest BCUT2D eigenvalue weighted by Gasteiger charge is 2.29. The van der Waals surface area contributed by atoms with E-state index in [1.165, 1.54) is 12.8 Å². The molecule has 0 aliphatic heterocycles. The Morgan fingerprint density at radius 2 is 1.81 bits per heavy atom. The van der Waals surface area contributed by atoms with Crippen molar-refractivity contribution in [2.75, 3.05) is 0 Å². The van der Waals surface area contributed by atoms with Crippen LogP contribution in [0.3, 0.4) is 0 Å². The van der Waals surface area contributed by atoms with Crippen LogP contribution < -0.4 is 0 Å². The minimum atomic E-state index is -1.42. The molecule has 0 aromatic heterocycles. The number of alkyl halides is 1. The maximum atomic E-state index is 13.4. The van der Waals surface area contributed by atoms with Crippen LogP contribution in [0.1, 0.15) is 59.8 Å². The molecule has 1 nitrogen and oxygen atoms in total. The van der Waals surface area contributed by atoms with Crippen molar-refractivity contribution in [1.29, 1.82) is 0 Å². The number of hydrogen-bond acceptors (Lipinski definition) is 1. The Balaban J connectivity index is 3.86. The van der Waals surface area contributed by atoms with E-state index in [-0.39, 0.29) is 0 Å². The van der Waals surface area contributed by atoms with E-state index in [1.807, 2.05) is 20.8 Å². The van der Waals surface area contributed by atoms with Gasteiger partial charge in [-0.2, -0.15) is 0 Å². The van der Waals surface area contributed by atoms with Crippen LogP contribution >= 0.6 is 0 Å². The summed E-state index contributed by atoms with van der Waals surface area (Å²) in [5.41, 5.74) is -0.448. The molecule has 0 rings (SSSR count). The third kappa shape index (κ3) is 6.85. The predicted octanol–water partition coefficient (Wildman–Crippen LogP) is 3.71. The molecule has 94 valence electrons. The van der Waals surface area contributed by atoms with E-state index in [4.69, 9.17) is 0 Å². The summed E-state index contributed by atoms with van der Waals surface area (Å²) in [7, 11) is 0. The average molecular weight is 228 g/mol. The zero-order valence-corrected chi connectivity index (χ0v) is 11.0. The standard InChI is InChI=1S/C14H25FO/c1-5-6-7-8-9-10-11-12(15)13(16)14(2,3)4/h12-13,16H,5-9H2,1-4H3. The topological polar surface area (TPSA) is 20.2 Å². The number of unbranched alkanes of at least 4 members (excludes halogenated alkanes) is 4. The molecule has 0 saturated heterocycles. The first kappa shape index (κ1) is 15.4. The van der Waals surface area contributed by atoms with E-state index in [0.717, 1.165) is 19.3 Å². The number of aliphatic hydroxyl groups excluding tert-OH is 1. The van der Waals surface area contributed by atoms with Gasteiger partial charge >= 0.3 is 0 Å². The molecular formula is C14H25FO. The molecule has 0 saturated carbocycles. The Labute approximate surface area is 99.4 Å². The number of aliphatic hydroxyl groups is 1. The van der Waals surface area contributed by atoms with E-state index in [0.29, 0.717) is 0 Å². The summed E-state index contributed by atoms with van der Waals surface area (Å²) < 4.78 is 13.4. The van der Waals surface area contributed by atoms with Crippen LogP contribution in [-0.4, -0.2) is 17.4 Å². The van der Waals surface area contributed by atoms with Gasteiger partial charge in [0.2, 0.25) is 0 Å². The molecule has 0 radical (unpaired) electrons. The highest BCUT2D eigenvalue weighted by Crippen LogP contribution is 2.22. The second kappa shape index (κ2) is 7.68. The largest absolute Gasteiger partial charge is 0.388 e. The van der Waals surface area contributed by atoms with Gasteiger partial charge in [-0.05, 0) is 11.8 Å². The molecule has 0 aliphatic rings. The number of hydrogen-bond donors (Lipinski definition) is 1. The fourth-order valence-electron chi connectivity index (χ4n) is 1.33. The van der Waals surface area contributed by atoms with Crippen molar-refractivity contribution >= 4 is 0 Å². The Bertz CT molecular complexity index is 231. The lowest BCUT2D eigenvalue weighted by molar-refractivity contribution is 0.0167. The van der Waals surface area contributed by atoms with Gasteiger partial charge in [-0.25, -0.2) is 4.39 Å². The summed E-state index contributed by atoms with van der Waals surface area (Å²) in [4.78, 5) is 0. The third-order valence-electron chi connectivity index (χ3n) is 2.56. The van der Waals surface area contributed by atoms with Crippen LogP contribution in [0.4, 0.5) is 4.39 Å². The lowest BCUT2D eigenvalue weighted by Crippen LogP contribution is -2.34. The van der Waals surface area contributed by atoms with Gasteiger partial charge in [0.1, 0.15) is 6.10 Å². The SMILES string of the molecule is CCCCCCC#CC(F)C(O)C(C)(C)C. The summed E-state index contributed by atoms with van der Waals surface area (Å²) in [6, 6.07) is 0. The van der Waals surface area contributed by atoms with Crippen molar-refractivity contribution in [2.45, 2.75) is 72.1 Å². The fourth-order valence-corrected chi connectivity index (χ4v) is 1.33. The van der Waals surface area contributed by atoms with Crippen molar-refractivity contribution in [3.8, 4) is 11.8 Å². The molecule has 0 heterocycles. The Morgan fingerprint density at radius 1 is 1.19 bits per heavy atom. The lowest BCUT2D eigenvalue weighted by Gasteiger charge is -2.26. The van der Waals surface area contributed by atoms with Crippen molar-refractivity contribution in [1.82, 2.24) is 0 Å². The van der Waals surface area contributed by atoms with Gasteiger partial charge in [0.25, 0.3) is 0 Å². The van der Waals surface area contributed by atoms with Crippen LogP contribution in [0.2, 0.25) is 0 Å². The zero-order chi connectivity index (χ0) is 12.6.